The lowest BCUT2D eigenvalue weighted by atomic mass is 10.7. The lowest BCUT2D eigenvalue weighted by molar-refractivity contribution is 0.690. The Hall–Kier alpha value is -0.970. The minimum Gasteiger partial charge on any atom is -0.338 e. The molecule has 0 saturated heterocycles. The van der Waals surface area contributed by atoms with Crippen LogP contribution in [0.4, 0.5) is 0 Å². The molecule has 0 spiro atoms. The average molecular weight is 80.1 g/mol. The molecule has 0 aromatic carbocycles. The quantitative estimate of drug-likeness (QED) is 0.423. The van der Waals surface area contributed by atoms with Crippen LogP contribution in [0.2, 0.25) is 0 Å². The van der Waals surface area contributed by atoms with Crippen LogP contribution >= 0.6 is 0 Å². The maximum Gasteiger partial charge on any atom is 0.109 e. The van der Waals surface area contributed by atoms with Gasteiger partial charge in [0.2, 0.25) is 0 Å². The fraction of sp³-hybridized carbons (Fsp3) is 0.250. The van der Waals surface area contributed by atoms with E-state index < -0.39 is 0 Å². The van der Waals surface area contributed by atoms with E-state index in [1.807, 2.05) is 23.4 Å². The van der Waals surface area contributed by atoms with Gasteiger partial charge in [-0.2, -0.15) is 5.26 Å². The summed E-state index contributed by atoms with van der Waals surface area (Å²) in [6.45, 7) is 0.514. The molecule has 0 atom stereocenters. The standard InChI is InChI=1S/C4H4N2/c5-1-2-6-3-4-6/h3-4H,2H2. The van der Waals surface area contributed by atoms with Crippen molar-refractivity contribution in [2.45, 2.75) is 0 Å². The van der Waals surface area contributed by atoms with E-state index in [9.17, 15) is 0 Å². The topological polar surface area (TPSA) is 26.8 Å². The van der Waals surface area contributed by atoms with E-state index in [1.165, 1.54) is 0 Å². The molecule has 2 heteroatoms. The van der Waals surface area contributed by atoms with Gasteiger partial charge in [0.05, 0.1) is 6.07 Å². The molecule has 0 bridgehead atoms. The third kappa shape index (κ3) is 0.494. The Morgan fingerprint density at radius 1 is 1.67 bits per heavy atom. The zero-order valence-corrected chi connectivity index (χ0v) is 3.26. The van der Waals surface area contributed by atoms with Gasteiger partial charge in [-0.3, -0.25) is 0 Å². The van der Waals surface area contributed by atoms with Crippen molar-refractivity contribution in [3.05, 3.63) is 12.4 Å². The van der Waals surface area contributed by atoms with Crippen LogP contribution in [-0.4, -0.2) is 11.4 Å². The molecule has 0 radical (unpaired) electrons. The van der Waals surface area contributed by atoms with Crippen molar-refractivity contribution < 1.29 is 0 Å². The van der Waals surface area contributed by atoms with Gasteiger partial charge in [-0.15, -0.1) is 0 Å². The molecule has 1 aliphatic rings. The Balaban J connectivity index is 2.08. The van der Waals surface area contributed by atoms with Crippen LogP contribution in [0.25, 0.3) is 0 Å². The molecule has 30 valence electrons. The minimum absolute atomic E-state index is 0.514. The first-order valence-electron chi connectivity index (χ1n) is 1.74. The van der Waals surface area contributed by atoms with Gasteiger partial charge < -0.3 is 4.90 Å². The van der Waals surface area contributed by atoms with Crippen molar-refractivity contribution >= 4 is 0 Å². The third-order valence-corrected chi connectivity index (χ3v) is 0.613. The largest absolute Gasteiger partial charge is 0.338 e. The van der Waals surface area contributed by atoms with Crippen molar-refractivity contribution in [2.75, 3.05) is 6.54 Å². The molecular weight excluding hydrogens is 76.1 g/mol. The van der Waals surface area contributed by atoms with E-state index in [1.54, 1.807) is 0 Å². The normalized spacial score (nSPS) is 14.2. The summed E-state index contributed by atoms with van der Waals surface area (Å²) in [5.74, 6) is 0. The number of rotatable bonds is 1. The van der Waals surface area contributed by atoms with Gasteiger partial charge in [-0.1, -0.05) is 0 Å². The summed E-state index contributed by atoms with van der Waals surface area (Å²) in [6, 6.07) is 1.99. The molecule has 1 rings (SSSR count). The SMILES string of the molecule is N#CCN1C=C1. The Kier molecular flexibility index (Phi) is 0.548. The molecule has 1 aliphatic heterocycles. The highest BCUT2D eigenvalue weighted by atomic mass is 15.2. The second-order valence-electron chi connectivity index (χ2n) is 1.13. The van der Waals surface area contributed by atoms with Crippen LogP contribution in [-0.2, 0) is 0 Å². The number of nitrogens with zero attached hydrogens (tertiary/aromatic N) is 2. The fourth-order valence-electron chi connectivity index (χ4n) is 0.234. The fourth-order valence-corrected chi connectivity index (χ4v) is 0.234. The Labute approximate surface area is 36.3 Å². The summed E-state index contributed by atoms with van der Waals surface area (Å²) in [5, 5.41) is 7.94. The minimum atomic E-state index is 0.514. The predicted molar refractivity (Wildman–Crippen MR) is 21.5 cm³/mol. The molecule has 0 aromatic heterocycles. The summed E-state index contributed by atoms with van der Waals surface area (Å²) >= 11 is 0. The lowest BCUT2D eigenvalue weighted by Crippen LogP contribution is -1.92. The van der Waals surface area contributed by atoms with Crippen molar-refractivity contribution in [3.63, 3.8) is 0 Å². The molecular formula is C4H4N2. The maximum absolute atomic E-state index is 7.94. The average Bonchev–Trinajstić information content (AvgIpc) is 2.21. The van der Waals surface area contributed by atoms with Gasteiger partial charge in [-0.25, -0.2) is 0 Å². The summed E-state index contributed by atoms with van der Waals surface area (Å²) in [7, 11) is 0. The Morgan fingerprint density at radius 3 is 2.50 bits per heavy atom. The van der Waals surface area contributed by atoms with Crippen molar-refractivity contribution in [1.29, 1.82) is 5.26 Å². The molecule has 0 N–H and O–H groups in total. The molecule has 0 fully saturated rings. The molecule has 6 heavy (non-hydrogen) atoms. The first-order chi connectivity index (χ1) is 2.93. The highest BCUT2D eigenvalue weighted by Crippen LogP contribution is 2.02. The highest BCUT2D eigenvalue weighted by Gasteiger charge is 2.00. The van der Waals surface area contributed by atoms with E-state index in [0.29, 0.717) is 6.54 Å². The summed E-state index contributed by atoms with van der Waals surface area (Å²) in [6.07, 6.45) is 3.73. The van der Waals surface area contributed by atoms with Crippen LogP contribution < -0.4 is 0 Å². The Bertz CT molecular complexity index is 103. The van der Waals surface area contributed by atoms with E-state index in [-0.39, 0.29) is 0 Å². The highest BCUT2D eigenvalue weighted by molar-refractivity contribution is 5.04. The van der Waals surface area contributed by atoms with Crippen LogP contribution in [0, 0.1) is 11.3 Å². The number of hydrogen-bond acceptors (Lipinski definition) is 2. The van der Waals surface area contributed by atoms with E-state index >= 15 is 0 Å². The molecule has 1 heterocycles. The van der Waals surface area contributed by atoms with Gasteiger partial charge >= 0.3 is 0 Å². The van der Waals surface area contributed by atoms with Crippen LogP contribution in [0.5, 0.6) is 0 Å². The maximum atomic E-state index is 7.94. The van der Waals surface area contributed by atoms with Crippen LogP contribution in [0.1, 0.15) is 0 Å². The molecule has 0 unspecified atom stereocenters. The van der Waals surface area contributed by atoms with Gasteiger partial charge in [-0.05, 0) is 0 Å². The van der Waals surface area contributed by atoms with Crippen LogP contribution in [0.3, 0.4) is 0 Å². The number of hydrogen-bond donors (Lipinski definition) is 0. The van der Waals surface area contributed by atoms with Gasteiger partial charge in [0.15, 0.2) is 0 Å². The molecule has 0 amide bonds. The molecule has 0 saturated carbocycles. The lowest BCUT2D eigenvalue weighted by Gasteiger charge is -1.84. The van der Waals surface area contributed by atoms with Crippen molar-refractivity contribution in [1.82, 2.24) is 4.90 Å². The zero-order valence-electron chi connectivity index (χ0n) is 3.26. The van der Waals surface area contributed by atoms with Gasteiger partial charge in [0.1, 0.15) is 6.54 Å². The van der Waals surface area contributed by atoms with E-state index in [0.717, 1.165) is 0 Å². The van der Waals surface area contributed by atoms with Gasteiger partial charge in [0.25, 0.3) is 0 Å². The second kappa shape index (κ2) is 1.02. The number of nitriles is 1. The van der Waals surface area contributed by atoms with Crippen LogP contribution in [0.15, 0.2) is 12.4 Å². The van der Waals surface area contributed by atoms with E-state index in [4.69, 9.17) is 5.26 Å². The molecule has 2 nitrogen and oxygen atoms in total. The van der Waals surface area contributed by atoms with E-state index in [2.05, 4.69) is 0 Å². The third-order valence-electron chi connectivity index (χ3n) is 0.613. The smallest absolute Gasteiger partial charge is 0.109 e. The van der Waals surface area contributed by atoms with Gasteiger partial charge in [0, 0.05) is 12.4 Å². The molecule has 0 aliphatic carbocycles. The second-order valence-corrected chi connectivity index (χ2v) is 1.13. The summed E-state index contributed by atoms with van der Waals surface area (Å²) in [5.41, 5.74) is 0. The first-order valence-corrected chi connectivity index (χ1v) is 1.74. The monoisotopic (exact) mass is 80.0 g/mol. The summed E-state index contributed by atoms with van der Waals surface area (Å²) < 4.78 is 0. The predicted octanol–water partition coefficient (Wildman–Crippen LogP) is 0.297. The van der Waals surface area contributed by atoms with Crippen molar-refractivity contribution in [3.8, 4) is 6.07 Å². The Morgan fingerprint density at radius 2 is 2.33 bits per heavy atom. The summed E-state index contributed by atoms with van der Waals surface area (Å²) in [4.78, 5) is 1.82. The first kappa shape index (κ1) is 3.23. The molecule has 0 aromatic rings. The van der Waals surface area contributed by atoms with Crippen molar-refractivity contribution in [2.24, 2.45) is 0 Å². The zero-order chi connectivity index (χ0) is 4.41.